The van der Waals surface area contributed by atoms with Crippen molar-refractivity contribution in [1.82, 2.24) is 9.55 Å². The van der Waals surface area contributed by atoms with Gasteiger partial charge < -0.3 is 10.6 Å². The Morgan fingerprint density at radius 2 is 1.69 bits per heavy atom. The summed E-state index contributed by atoms with van der Waals surface area (Å²) in [5.41, 5.74) is 2.62. The summed E-state index contributed by atoms with van der Waals surface area (Å²) in [7, 11) is 0. The first kappa shape index (κ1) is 23.8. The van der Waals surface area contributed by atoms with Crippen molar-refractivity contribution in [3.05, 3.63) is 88.5 Å². The number of nitrogens with zero attached hydrogens (tertiary/aromatic N) is 2. The summed E-state index contributed by atoms with van der Waals surface area (Å²) in [4.78, 5) is 43.4. The molecular formula is C27H25FN4O3. The number of benzene rings is 3. The predicted molar refractivity (Wildman–Crippen MR) is 135 cm³/mol. The molecule has 0 atom stereocenters. The van der Waals surface area contributed by atoms with E-state index in [1.165, 1.54) is 22.8 Å². The minimum absolute atomic E-state index is 0.120. The number of rotatable bonds is 6. The van der Waals surface area contributed by atoms with Gasteiger partial charge in [-0.3, -0.25) is 19.0 Å². The van der Waals surface area contributed by atoms with Crippen LogP contribution in [0.25, 0.3) is 22.3 Å². The molecule has 8 heteroatoms. The second kappa shape index (κ2) is 9.89. The number of fused-ring (bicyclic) bond motifs is 1. The zero-order valence-electron chi connectivity index (χ0n) is 19.6. The van der Waals surface area contributed by atoms with Gasteiger partial charge in [0.15, 0.2) is 0 Å². The number of aromatic nitrogens is 2. The molecule has 0 spiro atoms. The Bertz CT molecular complexity index is 1490. The first-order valence-corrected chi connectivity index (χ1v) is 11.2. The molecule has 3 aromatic carbocycles. The van der Waals surface area contributed by atoms with Crippen molar-refractivity contribution in [2.45, 2.75) is 27.3 Å². The fourth-order valence-electron chi connectivity index (χ4n) is 3.70. The number of para-hydroxylation sites is 3. The second-order valence-electron chi connectivity index (χ2n) is 8.54. The molecule has 7 nitrogen and oxygen atoms in total. The van der Waals surface area contributed by atoms with E-state index in [0.29, 0.717) is 33.5 Å². The summed E-state index contributed by atoms with van der Waals surface area (Å²) >= 11 is 0. The largest absolute Gasteiger partial charge is 0.325 e. The van der Waals surface area contributed by atoms with Gasteiger partial charge in [0.2, 0.25) is 11.8 Å². The molecule has 0 aliphatic rings. The van der Waals surface area contributed by atoms with E-state index in [-0.39, 0.29) is 24.1 Å². The zero-order chi connectivity index (χ0) is 25.1. The molecule has 2 amide bonds. The zero-order valence-corrected chi connectivity index (χ0v) is 19.6. The molecule has 35 heavy (non-hydrogen) atoms. The van der Waals surface area contributed by atoms with Crippen LogP contribution in [0.3, 0.4) is 0 Å². The van der Waals surface area contributed by atoms with E-state index in [2.05, 4.69) is 15.6 Å². The average molecular weight is 473 g/mol. The molecular weight excluding hydrogens is 447 g/mol. The van der Waals surface area contributed by atoms with Gasteiger partial charge in [0.05, 0.1) is 16.7 Å². The van der Waals surface area contributed by atoms with Crippen LogP contribution < -0.4 is 16.2 Å². The Kier molecular flexibility index (Phi) is 6.73. The van der Waals surface area contributed by atoms with Crippen LogP contribution in [0.1, 0.15) is 19.4 Å². The van der Waals surface area contributed by atoms with Gasteiger partial charge in [0, 0.05) is 17.2 Å². The van der Waals surface area contributed by atoms with Gasteiger partial charge in [0.1, 0.15) is 18.1 Å². The number of hydrogen-bond donors (Lipinski definition) is 2. The Labute approximate surface area is 201 Å². The standard InChI is InChI=1S/C27H25FN4O3/c1-16(2)26(34)31-21-9-5-4-8-19(21)25-27(35)32(23-11-7-6-10-22(23)30-25)15-24(33)29-20-13-12-18(28)14-17(20)3/h4-14,16H,15H2,1-3H3,(H,29,33)(H,31,34). The van der Waals surface area contributed by atoms with E-state index in [1.54, 1.807) is 69.3 Å². The number of carbonyl (C=O) groups excluding carboxylic acids is 2. The van der Waals surface area contributed by atoms with Crippen molar-refractivity contribution in [3.63, 3.8) is 0 Å². The molecule has 0 saturated carbocycles. The number of aryl methyl sites for hydroxylation is 1. The first-order chi connectivity index (χ1) is 16.7. The molecule has 0 unspecified atom stereocenters. The normalized spacial score (nSPS) is 11.0. The molecule has 2 N–H and O–H groups in total. The van der Waals surface area contributed by atoms with Crippen molar-refractivity contribution in [2.75, 3.05) is 10.6 Å². The lowest BCUT2D eigenvalue weighted by atomic mass is 10.1. The number of halogens is 1. The Morgan fingerprint density at radius 3 is 2.43 bits per heavy atom. The minimum atomic E-state index is -0.471. The summed E-state index contributed by atoms with van der Waals surface area (Å²) in [5.74, 6) is -1.27. The van der Waals surface area contributed by atoms with E-state index in [4.69, 9.17) is 0 Å². The van der Waals surface area contributed by atoms with Crippen LogP contribution in [0.5, 0.6) is 0 Å². The van der Waals surface area contributed by atoms with E-state index >= 15 is 0 Å². The number of carbonyl (C=O) groups is 2. The van der Waals surface area contributed by atoms with Crippen LogP contribution in [0.4, 0.5) is 15.8 Å². The average Bonchev–Trinajstić information content (AvgIpc) is 2.83. The number of nitrogens with one attached hydrogen (secondary N) is 2. The van der Waals surface area contributed by atoms with E-state index in [0.717, 1.165) is 0 Å². The van der Waals surface area contributed by atoms with Crippen LogP contribution in [0.2, 0.25) is 0 Å². The van der Waals surface area contributed by atoms with Gasteiger partial charge in [-0.15, -0.1) is 0 Å². The Morgan fingerprint density at radius 1 is 0.971 bits per heavy atom. The topological polar surface area (TPSA) is 93.1 Å². The van der Waals surface area contributed by atoms with Crippen LogP contribution in [-0.2, 0) is 16.1 Å². The summed E-state index contributed by atoms with van der Waals surface area (Å²) in [6.07, 6.45) is 0. The summed E-state index contributed by atoms with van der Waals surface area (Å²) in [6, 6.07) is 18.0. The SMILES string of the molecule is Cc1cc(F)ccc1NC(=O)Cn1c(=O)c(-c2ccccc2NC(=O)C(C)C)nc2ccccc21. The minimum Gasteiger partial charge on any atom is -0.325 e. The van der Waals surface area contributed by atoms with Crippen LogP contribution in [0.15, 0.2) is 71.5 Å². The molecule has 1 aromatic heterocycles. The van der Waals surface area contributed by atoms with Gasteiger partial charge in [-0.1, -0.05) is 44.2 Å². The molecule has 0 saturated heterocycles. The highest BCUT2D eigenvalue weighted by atomic mass is 19.1. The third-order valence-corrected chi connectivity index (χ3v) is 5.58. The first-order valence-electron chi connectivity index (χ1n) is 11.2. The highest BCUT2D eigenvalue weighted by molar-refractivity contribution is 5.96. The number of amides is 2. The fourth-order valence-corrected chi connectivity index (χ4v) is 3.70. The lowest BCUT2D eigenvalue weighted by Gasteiger charge is -2.16. The van der Waals surface area contributed by atoms with Gasteiger partial charge in [-0.2, -0.15) is 0 Å². The molecule has 4 aromatic rings. The maximum Gasteiger partial charge on any atom is 0.278 e. The van der Waals surface area contributed by atoms with E-state index < -0.39 is 17.3 Å². The quantitative estimate of drug-likeness (QED) is 0.424. The smallest absolute Gasteiger partial charge is 0.278 e. The lowest BCUT2D eigenvalue weighted by Crippen LogP contribution is -2.30. The molecule has 1 heterocycles. The third-order valence-electron chi connectivity index (χ3n) is 5.58. The number of anilines is 2. The van der Waals surface area contributed by atoms with Gasteiger partial charge in [-0.25, -0.2) is 9.37 Å². The number of hydrogen-bond acceptors (Lipinski definition) is 4. The monoisotopic (exact) mass is 472 g/mol. The van der Waals surface area contributed by atoms with Gasteiger partial charge in [-0.05, 0) is 48.9 Å². The van der Waals surface area contributed by atoms with Crippen molar-refractivity contribution in [3.8, 4) is 11.3 Å². The van der Waals surface area contributed by atoms with Crippen LogP contribution >= 0.6 is 0 Å². The highest BCUT2D eigenvalue weighted by Crippen LogP contribution is 2.26. The van der Waals surface area contributed by atoms with Crippen molar-refractivity contribution >= 4 is 34.2 Å². The lowest BCUT2D eigenvalue weighted by molar-refractivity contribution is -0.119. The molecule has 0 bridgehead atoms. The fraction of sp³-hybridized carbons (Fsp3) is 0.185. The van der Waals surface area contributed by atoms with Gasteiger partial charge >= 0.3 is 0 Å². The Balaban J connectivity index is 1.78. The summed E-state index contributed by atoms with van der Waals surface area (Å²) < 4.78 is 14.8. The van der Waals surface area contributed by atoms with Crippen molar-refractivity contribution < 1.29 is 14.0 Å². The van der Waals surface area contributed by atoms with Crippen molar-refractivity contribution in [2.24, 2.45) is 5.92 Å². The van der Waals surface area contributed by atoms with E-state index in [9.17, 15) is 18.8 Å². The third kappa shape index (κ3) is 5.11. The maximum atomic E-state index is 13.6. The molecule has 0 fully saturated rings. The molecule has 4 rings (SSSR count). The van der Waals surface area contributed by atoms with Crippen molar-refractivity contribution in [1.29, 1.82) is 0 Å². The highest BCUT2D eigenvalue weighted by Gasteiger charge is 2.19. The molecule has 178 valence electrons. The van der Waals surface area contributed by atoms with Gasteiger partial charge in [0.25, 0.3) is 5.56 Å². The summed E-state index contributed by atoms with van der Waals surface area (Å²) in [6.45, 7) is 4.97. The Hall–Kier alpha value is -4.33. The molecule has 0 aliphatic carbocycles. The maximum absolute atomic E-state index is 13.6. The predicted octanol–water partition coefficient (Wildman–Crippen LogP) is 4.74. The second-order valence-corrected chi connectivity index (χ2v) is 8.54. The summed E-state index contributed by atoms with van der Waals surface area (Å²) in [5, 5.41) is 5.59. The molecule has 0 radical (unpaired) electrons. The van der Waals surface area contributed by atoms with Crippen LogP contribution in [0, 0.1) is 18.7 Å². The van der Waals surface area contributed by atoms with E-state index in [1.807, 2.05) is 0 Å². The van der Waals surface area contributed by atoms with Crippen LogP contribution in [-0.4, -0.2) is 21.4 Å². The molecule has 0 aliphatic heterocycles.